The Hall–Kier alpha value is -1.25. The Balaban J connectivity index is 1.82. The van der Waals surface area contributed by atoms with Crippen molar-refractivity contribution in [3.63, 3.8) is 0 Å². The number of rotatable bonds is 3. The van der Waals surface area contributed by atoms with Crippen molar-refractivity contribution in [3.8, 4) is 0 Å². The average molecular weight is 206 g/mol. The fourth-order valence-corrected chi connectivity index (χ4v) is 3.04. The molecule has 1 N–H and O–H groups in total. The van der Waals surface area contributed by atoms with Gasteiger partial charge in [0.05, 0.1) is 11.7 Å². The van der Waals surface area contributed by atoms with Crippen LogP contribution in [0, 0.1) is 17.3 Å². The maximum atomic E-state index is 11.4. The van der Waals surface area contributed by atoms with Gasteiger partial charge >= 0.3 is 5.97 Å². The maximum absolute atomic E-state index is 11.4. The lowest BCUT2D eigenvalue weighted by molar-refractivity contribution is -0.149. The molecule has 3 heteroatoms. The Morgan fingerprint density at radius 3 is 2.80 bits per heavy atom. The average Bonchev–Trinajstić information content (AvgIpc) is 2.68. The van der Waals surface area contributed by atoms with Crippen LogP contribution in [0.2, 0.25) is 0 Å². The Kier molecular flexibility index (Phi) is 1.73. The second kappa shape index (κ2) is 2.87. The zero-order chi connectivity index (χ0) is 10.5. The lowest BCUT2D eigenvalue weighted by Crippen LogP contribution is -2.31. The summed E-state index contributed by atoms with van der Waals surface area (Å²) in [5.74, 6) is 1.51. The SMILES string of the molecule is O=C(O)C1(Cc2ccco2)CC2CC2C1. The highest BCUT2D eigenvalue weighted by Crippen LogP contribution is 2.60. The molecule has 2 aliphatic carbocycles. The van der Waals surface area contributed by atoms with Gasteiger partial charge in [-0.1, -0.05) is 0 Å². The standard InChI is InChI=1S/C12H14O3/c13-11(14)12(5-8-4-9(8)6-12)7-10-2-1-3-15-10/h1-3,8-9H,4-7H2,(H,13,14). The summed E-state index contributed by atoms with van der Waals surface area (Å²) in [5, 5.41) is 9.36. The molecule has 2 saturated carbocycles. The van der Waals surface area contributed by atoms with E-state index in [4.69, 9.17) is 4.42 Å². The molecular weight excluding hydrogens is 192 g/mol. The number of furan rings is 1. The van der Waals surface area contributed by atoms with Crippen molar-refractivity contribution >= 4 is 5.97 Å². The molecule has 0 saturated heterocycles. The van der Waals surface area contributed by atoms with Crippen LogP contribution in [0.4, 0.5) is 0 Å². The van der Waals surface area contributed by atoms with E-state index in [1.165, 1.54) is 6.42 Å². The molecule has 3 rings (SSSR count). The molecule has 3 nitrogen and oxygen atoms in total. The van der Waals surface area contributed by atoms with Crippen LogP contribution in [-0.2, 0) is 11.2 Å². The maximum Gasteiger partial charge on any atom is 0.310 e. The van der Waals surface area contributed by atoms with Crippen molar-refractivity contribution < 1.29 is 14.3 Å². The number of carboxylic acid groups (broad SMARTS) is 1. The molecule has 2 unspecified atom stereocenters. The predicted molar refractivity (Wildman–Crippen MR) is 53.3 cm³/mol. The van der Waals surface area contributed by atoms with Gasteiger partial charge in [-0.05, 0) is 43.2 Å². The second-order valence-electron chi connectivity index (χ2n) is 5.01. The summed E-state index contributed by atoms with van der Waals surface area (Å²) in [7, 11) is 0. The summed E-state index contributed by atoms with van der Waals surface area (Å²) in [5.41, 5.74) is -0.536. The van der Waals surface area contributed by atoms with Gasteiger partial charge in [-0.3, -0.25) is 4.79 Å². The van der Waals surface area contributed by atoms with Gasteiger partial charge in [0, 0.05) is 6.42 Å². The molecule has 1 aromatic heterocycles. The molecule has 0 amide bonds. The fraction of sp³-hybridized carbons (Fsp3) is 0.583. The van der Waals surface area contributed by atoms with Crippen molar-refractivity contribution in [1.82, 2.24) is 0 Å². The quantitative estimate of drug-likeness (QED) is 0.825. The van der Waals surface area contributed by atoms with Crippen LogP contribution in [0.3, 0.4) is 0 Å². The van der Waals surface area contributed by atoms with E-state index in [0.29, 0.717) is 18.3 Å². The van der Waals surface area contributed by atoms with Gasteiger partial charge < -0.3 is 9.52 Å². The lowest BCUT2D eigenvalue weighted by atomic mass is 9.79. The first-order valence-electron chi connectivity index (χ1n) is 5.45. The van der Waals surface area contributed by atoms with E-state index < -0.39 is 11.4 Å². The minimum atomic E-state index is -0.647. The number of hydrogen-bond acceptors (Lipinski definition) is 2. The van der Waals surface area contributed by atoms with Crippen LogP contribution in [-0.4, -0.2) is 11.1 Å². The van der Waals surface area contributed by atoms with Crippen molar-refractivity contribution in [2.75, 3.05) is 0 Å². The van der Waals surface area contributed by atoms with Gasteiger partial charge in [-0.2, -0.15) is 0 Å². The number of fused-ring (bicyclic) bond motifs is 1. The largest absolute Gasteiger partial charge is 0.481 e. The Bertz CT molecular complexity index is 370. The molecule has 2 fully saturated rings. The Labute approximate surface area is 88.1 Å². The molecular formula is C12H14O3. The van der Waals surface area contributed by atoms with E-state index >= 15 is 0 Å². The third-order valence-corrected chi connectivity index (χ3v) is 3.92. The van der Waals surface area contributed by atoms with E-state index in [1.807, 2.05) is 12.1 Å². The third-order valence-electron chi connectivity index (χ3n) is 3.92. The molecule has 1 heterocycles. The second-order valence-corrected chi connectivity index (χ2v) is 5.01. The molecule has 80 valence electrons. The summed E-state index contributed by atoms with van der Waals surface area (Å²) in [6, 6.07) is 3.69. The molecule has 0 bridgehead atoms. The summed E-state index contributed by atoms with van der Waals surface area (Å²) in [4.78, 5) is 11.4. The molecule has 0 aromatic carbocycles. The molecule has 15 heavy (non-hydrogen) atoms. The van der Waals surface area contributed by atoms with E-state index in [9.17, 15) is 9.90 Å². The molecule has 2 aliphatic rings. The van der Waals surface area contributed by atoms with Crippen LogP contribution in [0.1, 0.15) is 25.0 Å². The van der Waals surface area contributed by atoms with Gasteiger partial charge in [0.25, 0.3) is 0 Å². The predicted octanol–water partition coefficient (Wildman–Crippen LogP) is 2.32. The number of hydrogen-bond donors (Lipinski definition) is 1. The summed E-state index contributed by atoms with van der Waals surface area (Å²) in [6.07, 6.45) is 5.09. The van der Waals surface area contributed by atoms with Gasteiger partial charge in [0.1, 0.15) is 5.76 Å². The smallest absolute Gasteiger partial charge is 0.310 e. The normalized spacial score (nSPS) is 37.6. The van der Waals surface area contributed by atoms with E-state index in [0.717, 1.165) is 18.6 Å². The van der Waals surface area contributed by atoms with Gasteiger partial charge in [-0.15, -0.1) is 0 Å². The minimum Gasteiger partial charge on any atom is -0.481 e. The van der Waals surface area contributed by atoms with Crippen molar-refractivity contribution in [2.24, 2.45) is 17.3 Å². The monoisotopic (exact) mass is 206 g/mol. The van der Waals surface area contributed by atoms with Gasteiger partial charge in [-0.25, -0.2) is 0 Å². The van der Waals surface area contributed by atoms with Gasteiger partial charge in [0.2, 0.25) is 0 Å². The Morgan fingerprint density at radius 1 is 1.53 bits per heavy atom. The van der Waals surface area contributed by atoms with Crippen LogP contribution >= 0.6 is 0 Å². The first-order chi connectivity index (χ1) is 7.20. The highest BCUT2D eigenvalue weighted by molar-refractivity contribution is 5.75. The summed E-state index contributed by atoms with van der Waals surface area (Å²) >= 11 is 0. The van der Waals surface area contributed by atoms with Crippen LogP contribution < -0.4 is 0 Å². The van der Waals surface area contributed by atoms with Crippen LogP contribution in [0.15, 0.2) is 22.8 Å². The number of carbonyl (C=O) groups is 1. The topological polar surface area (TPSA) is 50.4 Å². The zero-order valence-corrected chi connectivity index (χ0v) is 8.48. The molecule has 1 aromatic rings. The minimum absolute atomic E-state index is 0.536. The van der Waals surface area contributed by atoms with Crippen molar-refractivity contribution in [2.45, 2.75) is 25.7 Å². The van der Waals surface area contributed by atoms with E-state index in [2.05, 4.69) is 0 Å². The van der Waals surface area contributed by atoms with Gasteiger partial charge in [0.15, 0.2) is 0 Å². The summed E-state index contributed by atoms with van der Waals surface area (Å²) < 4.78 is 5.26. The Morgan fingerprint density at radius 2 is 2.27 bits per heavy atom. The first kappa shape index (κ1) is 9.01. The third kappa shape index (κ3) is 1.37. The first-order valence-corrected chi connectivity index (χ1v) is 5.45. The highest BCUT2D eigenvalue weighted by Gasteiger charge is 2.57. The highest BCUT2D eigenvalue weighted by atomic mass is 16.4. The van der Waals surface area contributed by atoms with Crippen LogP contribution in [0.25, 0.3) is 0 Å². The van der Waals surface area contributed by atoms with Crippen molar-refractivity contribution in [3.05, 3.63) is 24.2 Å². The molecule has 0 aliphatic heterocycles. The number of carboxylic acids is 1. The number of aliphatic carboxylic acids is 1. The summed E-state index contributed by atoms with van der Waals surface area (Å²) in [6.45, 7) is 0. The molecule has 0 radical (unpaired) electrons. The van der Waals surface area contributed by atoms with Crippen molar-refractivity contribution in [1.29, 1.82) is 0 Å². The van der Waals surface area contributed by atoms with Crippen LogP contribution in [0.5, 0.6) is 0 Å². The molecule has 2 atom stereocenters. The van der Waals surface area contributed by atoms with E-state index in [-0.39, 0.29) is 0 Å². The lowest BCUT2D eigenvalue weighted by Gasteiger charge is -2.24. The zero-order valence-electron chi connectivity index (χ0n) is 8.48. The fourth-order valence-electron chi connectivity index (χ4n) is 3.04. The molecule has 0 spiro atoms. The van der Waals surface area contributed by atoms with E-state index in [1.54, 1.807) is 6.26 Å².